The Morgan fingerprint density at radius 1 is 1.31 bits per heavy atom. The van der Waals surface area contributed by atoms with Crippen LogP contribution in [0.5, 0.6) is 0 Å². The molecule has 1 aliphatic rings. The first-order valence-corrected chi connectivity index (χ1v) is 6.42. The van der Waals surface area contributed by atoms with Gasteiger partial charge >= 0.3 is 0 Å². The molecule has 0 radical (unpaired) electrons. The molecule has 0 amide bonds. The van der Waals surface area contributed by atoms with E-state index in [2.05, 4.69) is 31.1 Å². The monoisotopic (exact) mass is 228 g/mol. The van der Waals surface area contributed by atoms with Gasteiger partial charge in [0.05, 0.1) is 6.61 Å². The van der Waals surface area contributed by atoms with E-state index in [0.29, 0.717) is 5.41 Å². The zero-order chi connectivity index (χ0) is 12.2. The normalized spacial score (nSPS) is 20.6. The van der Waals surface area contributed by atoms with Gasteiger partial charge in [0.1, 0.15) is 0 Å². The van der Waals surface area contributed by atoms with E-state index < -0.39 is 0 Å². The highest BCUT2D eigenvalue weighted by Crippen LogP contribution is 2.39. The summed E-state index contributed by atoms with van der Waals surface area (Å²) in [5.41, 5.74) is 0.319. The predicted molar refractivity (Wildman–Crippen MR) is 68.6 cm³/mol. The standard InChI is InChI=1S/C13H28N2O/c1-12(2,11-16)15(4)10-13(9-14-3)7-5-6-8-13/h14,16H,5-11H2,1-4H3. The molecule has 0 aromatic carbocycles. The van der Waals surface area contributed by atoms with Crippen molar-refractivity contribution in [1.29, 1.82) is 0 Å². The first-order chi connectivity index (χ1) is 7.46. The predicted octanol–water partition coefficient (Wildman–Crippen LogP) is 1.47. The van der Waals surface area contributed by atoms with Crippen LogP contribution in [-0.2, 0) is 0 Å². The summed E-state index contributed by atoms with van der Waals surface area (Å²) in [6.07, 6.45) is 5.35. The third kappa shape index (κ3) is 3.19. The first-order valence-electron chi connectivity index (χ1n) is 6.42. The van der Waals surface area contributed by atoms with Gasteiger partial charge in [-0.3, -0.25) is 4.90 Å². The molecule has 1 aliphatic carbocycles. The Kier molecular flexibility index (Phi) is 4.77. The first kappa shape index (κ1) is 13.9. The fourth-order valence-electron chi connectivity index (χ4n) is 2.73. The molecular formula is C13H28N2O. The van der Waals surface area contributed by atoms with E-state index in [9.17, 15) is 5.11 Å². The largest absolute Gasteiger partial charge is 0.394 e. The van der Waals surface area contributed by atoms with Crippen molar-refractivity contribution in [2.24, 2.45) is 5.41 Å². The van der Waals surface area contributed by atoms with Crippen molar-refractivity contribution in [2.75, 3.05) is 33.8 Å². The van der Waals surface area contributed by atoms with Crippen LogP contribution in [0.25, 0.3) is 0 Å². The van der Waals surface area contributed by atoms with Crippen molar-refractivity contribution >= 4 is 0 Å². The lowest BCUT2D eigenvalue weighted by Crippen LogP contribution is -2.50. The fraction of sp³-hybridized carbons (Fsp3) is 1.00. The number of nitrogens with zero attached hydrogens (tertiary/aromatic N) is 1. The minimum atomic E-state index is -0.108. The van der Waals surface area contributed by atoms with Gasteiger partial charge in [-0.25, -0.2) is 0 Å². The van der Waals surface area contributed by atoms with Crippen LogP contribution in [0.4, 0.5) is 0 Å². The highest BCUT2D eigenvalue weighted by Gasteiger charge is 2.37. The smallest absolute Gasteiger partial charge is 0.0609 e. The average molecular weight is 228 g/mol. The number of likely N-dealkylation sites (N-methyl/N-ethyl adjacent to an activating group) is 1. The van der Waals surface area contributed by atoms with Gasteiger partial charge in [-0.2, -0.15) is 0 Å². The quantitative estimate of drug-likeness (QED) is 0.722. The molecule has 0 heterocycles. The summed E-state index contributed by atoms with van der Waals surface area (Å²) in [5.74, 6) is 0. The van der Waals surface area contributed by atoms with E-state index in [1.807, 2.05) is 7.05 Å². The SMILES string of the molecule is CNCC1(CN(C)C(C)(C)CO)CCCC1. The molecule has 3 heteroatoms. The lowest BCUT2D eigenvalue weighted by Gasteiger charge is -2.41. The molecular weight excluding hydrogens is 200 g/mol. The molecule has 16 heavy (non-hydrogen) atoms. The van der Waals surface area contributed by atoms with Gasteiger partial charge in [0, 0.05) is 18.6 Å². The Bertz CT molecular complexity index is 210. The van der Waals surface area contributed by atoms with Crippen LogP contribution < -0.4 is 5.32 Å². The van der Waals surface area contributed by atoms with Crippen LogP contribution in [0.3, 0.4) is 0 Å². The van der Waals surface area contributed by atoms with Gasteiger partial charge in [-0.05, 0) is 46.2 Å². The number of aliphatic hydroxyl groups is 1. The lowest BCUT2D eigenvalue weighted by atomic mass is 9.84. The molecule has 1 rings (SSSR count). The summed E-state index contributed by atoms with van der Waals surface area (Å²) < 4.78 is 0. The molecule has 96 valence electrons. The topological polar surface area (TPSA) is 35.5 Å². The van der Waals surface area contributed by atoms with Crippen LogP contribution in [0.2, 0.25) is 0 Å². The molecule has 3 nitrogen and oxygen atoms in total. The molecule has 1 fully saturated rings. The Hall–Kier alpha value is -0.120. The molecule has 0 bridgehead atoms. The maximum absolute atomic E-state index is 9.39. The van der Waals surface area contributed by atoms with Crippen LogP contribution in [0.1, 0.15) is 39.5 Å². The van der Waals surface area contributed by atoms with Gasteiger partial charge in [-0.1, -0.05) is 12.8 Å². The van der Waals surface area contributed by atoms with Gasteiger partial charge < -0.3 is 10.4 Å². The van der Waals surface area contributed by atoms with E-state index in [0.717, 1.165) is 13.1 Å². The fourth-order valence-corrected chi connectivity index (χ4v) is 2.73. The van der Waals surface area contributed by atoms with Crippen molar-refractivity contribution < 1.29 is 5.11 Å². The summed E-state index contributed by atoms with van der Waals surface area (Å²) in [6, 6.07) is 0. The Morgan fingerprint density at radius 2 is 1.88 bits per heavy atom. The number of aliphatic hydroxyl groups excluding tert-OH is 1. The van der Waals surface area contributed by atoms with Crippen molar-refractivity contribution in [2.45, 2.75) is 45.1 Å². The molecule has 2 N–H and O–H groups in total. The molecule has 0 aromatic rings. The number of hydrogen-bond donors (Lipinski definition) is 2. The molecule has 0 saturated heterocycles. The number of hydrogen-bond acceptors (Lipinski definition) is 3. The van der Waals surface area contributed by atoms with Gasteiger partial charge in [0.25, 0.3) is 0 Å². The van der Waals surface area contributed by atoms with E-state index in [-0.39, 0.29) is 12.1 Å². The molecule has 0 aliphatic heterocycles. The molecule has 1 saturated carbocycles. The maximum atomic E-state index is 9.39. The second-order valence-corrected chi connectivity index (χ2v) is 6.06. The highest BCUT2D eigenvalue weighted by molar-refractivity contribution is 4.91. The third-order valence-corrected chi connectivity index (χ3v) is 4.21. The van der Waals surface area contributed by atoms with Crippen molar-refractivity contribution in [3.8, 4) is 0 Å². The molecule has 0 atom stereocenters. The van der Waals surface area contributed by atoms with Crippen molar-refractivity contribution in [1.82, 2.24) is 10.2 Å². The second kappa shape index (κ2) is 5.48. The van der Waals surface area contributed by atoms with Crippen LogP contribution in [0.15, 0.2) is 0 Å². The number of rotatable bonds is 6. The second-order valence-electron chi connectivity index (χ2n) is 6.06. The van der Waals surface area contributed by atoms with Gasteiger partial charge in [0.15, 0.2) is 0 Å². The molecule has 0 aromatic heterocycles. The Labute approximate surface area is 100 Å². The minimum absolute atomic E-state index is 0.108. The Morgan fingerprint density at radius 3 is 2.31 bits per heavy atom. The average Bonchev–Trinajstić information content (AvgIpc) is 2.67. The molecule has 0 unspecified atom stereocenters. The highest BCUT2D eigenvalue weighted by atomic mass is 16.3. The summed E-state index contributed by atoms with van der Waals surface area (Å²) in [7, 11) is 4.17. The maximum Gasteiger partial charge on any atom is 0.0609 e. The van der Waals surface area contributed by atoms with E-state index in [1.165, 1.54) is 25.7 Å². The van der Waals surface area contributed by atoms with Crippen LogP contribution in [-0.4, -0.2) is 49.3 Å². The summed E-state index contributed by atoms with van der Waals surface area (Å²) >= 11 is 0. The number of nitrogens with one attached hydrogen (secondary N) is 1. The van der Waals surface area contributed by atoms with Crippen molar-refractivity contribution in [3.05, 3.63) is 0 Å². The zero-order valence-electron chi connectivity index (χ0n) is 11.3. The van der Waals surface area contributed by atoms with Crippen molar-refractivity contribution in [3.63, 3.8) is 0 Å². The van der Waals surface area contributed by atoms with Gasteiger partial charge in [0.2, 0.25) is 0 Å². The zero-order valence-corrected chi connectivity index (χ0v) is 11.3. The van der Waals surface area contributed by atoms with Crippen LogP contribution >= 0.6 is 0 Å². The lowest BCUT2D eigenvalue weighted by molar-refractivity contribution is 0.0421. The molecule has 0 spiro atoms. The van der Waals surface area contributed by atoms with Crippen LogP contribution in [0, 0.1) is 5.41 Å². The van der Waals surface area contributed by atoms with E-state index in [1.54, 1.807) is 0 Å². The third-order valence-electron chi connectivity index (χ3n) is 4.21. The minimum Gasteiger partial charge on any atom is -0.394 e. The summed E-state index contributed by atoms with van der Waals surface area (Å²) in [5, 5.41) is 12.7. The van der Waals surface area contributed by atoms with E-state index in [4.69, 9.17) is 0 Å². The Balaban J connectivity index is 2.61. The van der Waals surface area contributed by atoms with Gasteiger partial charge in [-0.15, -0.1) is 0 Å². The van der Waals surface area contributed by atoms with E-state index >= 15 is 0 Å². The summed E-state index contributed by atoms with van der Waals surface area (Å²) in [4.78, 5) is 2.32. The summed E-state index contributed by atoms with van der Waals surface area (Å²) in [6.45, 7) is 6.61.